The van der Waals surface area contributed by atoms with Gasteiger partial charge in [-0.15, -0.1) is 0 Å². The molecule has 0 saturated carbocycles. The maximum atomic E-state index is 5.38. The zero-order valence-corrected chi connectivity index (χ0v) is 9.52. The highest BCUT2D eigenvalue weighted by Gasteiger charge is 2.11. The van der Waals surface area contributed by atoms with Gasteiger partial charge in [-0.25, -0.2) is 20.8 Å². The maximum absolute atomic E-state index is 5.38. The Kier molecular flexibility index (Phi) is 2.57. The van der Waals surface area contributed by atoms with E-state index in [0.29, 0.717) is 5.82 Å². The molecule has 16 heavy (non-hydrogen) atoms. The van der Waals surface area contributed by atoms with Crippen LogP contribution in [0.5, 0.6) is 0 Å². The first-order valence-corrected chi connectivity index (χ1v) is 4.94. The molecule has 6 heteroatoms. The van der Waals surface area contributed by atoms with Crippen molar-refractivity contribution in [2.45, 2.75) is 20.8 Å². The molecule has 0 aliphatic carbocycles. The first kappa shape index (κ1) is 10.6. The molecule has 0 atom stereocenters. The van der Waals surface area contributed by atoms with Crippen LogP contribution in [0.2, 0.25) is 0 Å². The first-order valence-electron chi connectivity index (χ1n) is 4.94. The second-order valence-electron chi connectivity index (χ2n) is 3.60. The van der Waals surface area contributed by atoms with Gasteiger partial charge < -0.3 is 5.43 Å². The highest BCUT2D eigenvalue weighted by Crippen LogP contribution is 2.19. The highest BCUT2D eigenvalue weighted by atomic mass is 15.3. The van der Waals surface area contributed by atoms with Gasteiger partial charge in [0.2, 0.25) is 0 Å². The summed E-state index contributed by atoms with van der Waals surface area (Å²) in [6, 6.07) is 0. The number of nitrogens with one attached hydrogen (secondary N) is 1. The molecule has 0 bridgehead atoms. The summed E-state index contributed by atoms with van der Waals surface area (Å²) in [5, 5.41) is 0. The molecule has 2 aromatic heterocycles. The molecule has 2 aromatic rings. The third-order valence-electron chi connectivity index (χ3n) is 2.67. The van der Waals surface area contributed by atoms with Gasteiger partial charge in [-0.2, -0.15) is 0 Å². The molecule has 6 nitrogen and oxygen atoms in total. The lowest BCUT2D eigenvalue weighted by atomic mass is 10.3. The first-order chi connectivity index (χ1) is 7.65. The second kappa shape index (κ2) is 3.90. The van der Waals surface area contributed by atoms with Gasteiger partial charge in [0.05, 0.1) is 5.69 Å². The fraction of sp³-hybridized carbons (Fsp3) is 0.300. The van der Waals surface area contributed by atoms with Gasteiger partial charge in [-0.1, -0.05) is 0 Å². The zero-order valence-electron chi connectivity index (χ0n) is 9.52. The molecule has 2 rings (SSSR count). The minimum absolute atomic E-state index is 0.621. The van der Waals surface area contributed by atoms with Crippen LogP contribution < -0.4 is 11.3 Å². The van der Waals surface area contributed by atoms with Crippen LogP contribution >= 0.6 is 0 Å². The number of nitrogen functional groups attached to an aromatic ring is 1. The molecule has 0 radical (unpaired) electrons. The van der Waals surface area contributed by atoms with Gasteiger partial charge in [-0.3, -0.25) is 4.57 Å². The van der Waals surface area contributed by atoms with Crippen molar-refractivity contribution in [2.75, 3.05) is 5.43 Å². The summed E-state index contributed by atoms with van der Waals surface area (Å²) in [7, 11) is 0. The number of nitrogens with zero attached hydrogens (tertiary/aromatic N) is 4. The number of hydrazine groups is 1. The number of aryl methyl sites for hydroxylation is 1. The molecule has 0 spiro atoms. The van der Waals surface area contributed by atoms with Crippen LogP contribution in [-0.2, 0) is 0 Å². The van der Waals surface area contributed by atoms with Crippen molar-refractivity contribution in [1.29, 1.82) is 0 Å². The van der Waals surface area contributed by atoms with E-state index in [4.69, 9.17) is 5.84 Å². The Balaban J connectivity index is 2.60. The van der Waals surface area contributed by atoms with E-state index in [9.17, 15) is 0 Å². The molecule has 0 saturated heterocycles. The summed E-state index contributed by atoms with van der Waals surface area (Å²) in [5.41, 5.74) is 5.49. The second-order valence-corrected chi connectivity index (χ2v) is 3.60. The molecular formula is C10H14N6. The summed E-state index contributed by atoms with van der Waals surface area (Å²) < 4.78 is 1.92. The maximum Gasteiger partial charge on any atom is 0.148 e. The third-order valence-corrected chi connectivity index (χ3v) is 2.67. The molecular weight excluding hydrogens is 204 g/mol. The van der Waals surface area contributed by atoms with Crippen LogP contribution in [-0.4, -0.2) is 19.5 Å². The van der Waals surface area contributed by atoms with E-state index < -0.39 is 0 Å². The van der Waals surface area contributed by atoms with E-state index in [-0.39, 0.29) is 0 Å². The summed E-state index contributed by atoms with van der Waals surface area (Å²) in [5.74, 6) is 6.79. The number of rotatable bonds is 2. The monoisotopic (exact) mass is 218 g/mol. The normalized spacial score (nSPS) is 10.5. The number of imidazole rings is 1. The molecule has 0 aromatic carbocycles. The lowest BCUT2D eigenvalue weighted by Crippen LogP contribution is -2.13. The fourth-order valence-corrected chi connectivity index (χ4v) is 1.54. The van der Waals surface area contributed by atoms with Gasteiger partial charge in [0.1, 0.15) is 24.3 Å². The number of anilines is 1. The average molecular weight is 218 g/mol. The van der Waals surface area contributed by atoms with Crippen LogP contribution in [0.3, 0.4) is 0 Å². The van der Waals surface area contributed by atoms with Crippen LogP contribution in [0.15, 0.2) is 12.7 Å². The molecule has 3 N–H and O–H groups in total. The number of aromatic nitrogens is 4. The van der Waals surface area contributed by atoms with Gasteiger partial charge in [0, 0.05) is 11.3 Å². The van der Waals surface area contributed by atoms with E-state index in [1.165, 1.54) is 6.33 Å². The standard InChI is InChI=1S/C10H14N6/c1-6-9(15-11)12-4-13-10(6)16-5-14-7(2)8(16)3/h4-5H,11H2,1-3H3,(H,12,13,15). The van der Waals surface area contributed by atoms with Gasteiger partial charge >= 0.3 is 0 Å². The summed E-state index contributed by atoms with van der Waals surface area (Å²) in [4.78, 5) is 12.5. The average Bonchev–Trinajstić information content (AvgIpc) is 2.61. The molecule has 2 heterocycles. The van der Waals surface area contributed by atoms with Crippen molar-refractivity contribution < 1.29 is 0 Å². The fourth-order valence-electron chi connectivity index (χ4n) is 1.54. The van der Waals surface area contributed by atoms with Gasteiger partial charge in [0.15, 0.2) is 0 Å². The summed E-state index contributed by atoms with van der Waals surface area (Å²) in [6.45, 7) is 5.88. The lowest BCUT2D eigenvalue weighted by molar-refractivity contribution is 0.917. The van der Waals surface area contributed by atoms with Crippen LogP contribution in [0.1, 0.15) is 17.0 Å². The largest absolute Gasteiger partial charge is 0.308 e. The molecule has 0 fully saturated rings. The van der Waals surface area contributed by atoms with Crippen LogP contribution in [0.25, 0.3) is 5.82 Å². The molecule has 0 aliphatic heterocycles. The Morgan fingerprint density at radius 2 is 1.94 bits per heavy atom. The van der Waals surface area contributed by atoms with E-state index in [1.54, 1.807) is 6.33 Å². The van der Waals surface area contributed by atoms with Gasteiger partial charge in [-0.05, 0) is 20.8 Å². The summed E-state index contributed by atoms with van der Waals surface area (Å²) >= 11 is 0. The number of hydrogen-bond acceptors (Lipinski definition) is 5. The zero-order chi connectivity index (χ0) is 11.7. The molecule has 0 unspecified atom stereocenters. The van der Waals surface area contributed by atoms with Crippen molar-refractivity contribution in [2.24, 2.45) is 5.84 Å². The van der Waals surface area contributed by atoms with E-state index in [2.05, 4.69) is 20.4 Å². The van der Waals surface area contributed by atoms with Crippen molar-refractivity contribution in [3.63, 3.8) is 0 Å². The van der Waals surface area contributed by atoms with Crippen molar-refractivity contribution in [3.8, 4) is 5.82 Å². The highest BCUT2D eigenvalue weighted by molar-refractivity contribution is 5.50. The van der Waals surface area contributed by atoms with Crippen LogP contribution in [0, 0.1) is 20.8 Å². The predicted octanol–water partition coefficient (Wildman–Crippen LogP) is 0.873. The Hall–Kier alpha value is -1.95. The Morgan fingerprint density at radius 1 is 1.19 bits per heavy atom. The molecule has 0 amide bonds. The summed E-state index contributed by atoms with van der Waals surface area (Å²) in [6.07, 6.45) is 3.23. The Bertz CT molecular complexity index is 516. The Labute approximate surface area is 93.5 Å². The molecule has 0 aliphatic rings. The smallest absolute Gasteiger partial charge is 0.148 e. The Morgan fingerprint density at radius 3 is 2.50 bits per heavy atom. The van der Waals surface area contributed by atoms with E-state index in [0.717, 1.165) is 22.8 Å². The van der Waals surface area contributed by atoms with E-state index in [1.807, 2.05) is 25.3 Å². The topological polar surface area (TPSA) is 81.7 Å². The van der Waals surface area contributed by atoms with Crippen molar-refractivity contribution in [3.05, 3.63) is 29.6 Å². The SMILES string of the molecule is Cc1ncn(-c2ncnc(NN)c2C)c1C. The number of hydrogen-bond donors (Lipinski definition) is 2. The van der Waals surface area contributed by atoms with Crippen molar-refractivity contribution >= 4 is 5.82 Å². The number of nitrogens with two attached hydrogens (primary N) is 1. The van der Waals surface area contributed by atoms with Crippen molar-refractivity contribution in [1.82, 2.24) is 19.5 Å². The predicted molar refractivity (Wildman–Crippen MR) is 61.2 cm³/mol. The lowest BCUT2D eigenvalue weighted by Gasteiger charge is -2.10. The van der Waals surface area contributed by atoms with E-state index >= 15 is 0 Å². The third kappa shape index (κ3) is 1.53. The quantitative estimate of drug-likeness (QED) is 0.577. The van der Waals surface area contributed by atoms with Crippen LogP contribution in [0.4, 0.5) is 5.82 Å². The minimum Gasteiger partial charge on any atom is -0.308 e. The van der Waals surface area contributed by atoms with Gasteiger partial charge in [0.25, 0.3) is 0 Å². The minimum atomic E-state index is 0.621. The molecule has 84 valence electrons.